The zero-order chi connectivity index (χ0) is 21.3. The van der Waals surface area contributed by atoms with Crippen molar-refractivity contribution in [2.45, 2.75) is 19.9 Å². The molecule has 30 heavy (non-hydrogen) atoms. The summed E-state index contributed by atoms with van der Waals surface area (Å²) in [6, 6.07) is 14.9. The Morgan fingerprint density at radius 3 is 2.47 bits per heavy atom. The Hall–Kier alpha value is -3.39. The number of ether oxygens (including phenoxy) is 2. The molecule has 1 aromatic heterocycles. The molecular weight excluding hydrogens is 402 g/mol. The van der Waals surface area contributed by atoms with E-state index < -0.39 is 6.09 Å². The molecule has 0 radical (unpaired) electrons. The van der Waals surface area contributed by atoms with Crippen molar-refractivity contribution < 1.29 is 19.1 Å². The first-order valence-electron chi connectivity index (χ1n) is 9.45. The smallest absolute Gasteiger partial charge is 0.411 e. The van der Waals surface area contributed by atoms with Crippen LogP contribution in [-0.4, -0.2) is 30.7 Å². The van der Waals surface area contributed by atoms with E-state index >= 15 is 0 Å². The van der Waals surface area contributed by atoms with Gasteiger partial charge in [-0.15, -0.1) is 11.3 Å². The number of benzene rings is 2. The molecule has 0 fully saturated rings. The molecule has 2 aromatic carbocycles. The molecule has 8 heteroatoms. The number of methoxy groups -OCH3 is 1. The van der Waals surface area contributed by atoms with Gasteiger partial charge < -0.3 is 14.8 Å². The second-order valence-corrected chi connectivity index (χ2v) is 7.23. The highest BCUT2D eigenvalue weighted by Crippen LogP contribution is 2.26. The fraction of sp³-hybridized carbons (Fsp3) is 0.227. The number of hydrogen-bond donors (Lipinski definition) is 2. The second-order valence-electron chi connectivity index (χ2n) is 6.37. The number of rotatable bonds is 8. The van der Waals surface area contributed by atoms with E-state index in [1.165, 1.54) is 18.4 Å². The van der Waals surface area contributed by atoms with Crippen molar-refractivity contribution in [3.63, 3.8) is 0 Å². The van der Waals surface area contributed by atoms with Crippen molar-refractivity contribution in [3.05, 3.63) is 65.2 Å². The first-order valence-corrected chi connectivity index (χ1v) is 10.3. The molecule has 0 bridgehead atoms. The van der Waals surface area contributed by atoms with Crippen molar-refractivity contribution in [1.29, 1.82) is 0 Å². The summed E-state index contributed by atoms with van der Waals surface area (Å²) < 4.78 is 10.00. The summed E-state index contributed by atoms with van der Waals surface area (Å²) in [6.07, 6.45) is -0.306. The number of carbonyl (C=O) groups excluding carboxylic acids is 2. The summed E-state index contributed by atoms with van der Waals surface area (Å²) in [5.41, 5.74) is 3.28. The molecule has 1 heterocycles. The van der Waals surface area contributed by atoms with Gasteiger partial charge in [0.2, 0.25) is 5.91 Å². The number of aromatic nitrogens is 1. The van der Waals surface area contributed by atoms with Crippen LogP contribution in [0, 0.1) is 0 Å². The minimum atomic E-state index is -0.524. The van der Waals surface area contributed by atoms with Gasteiger partial charge in [-0.05, 0) is 48.9 Å². The van der Waals surface area contributed by atoms with Crippen molar-refractivity contribution in [2.75, 3.05) is 19.0 Å². The van der Waals surface area contributed by atoms with Crippen LogP contribution in [0.15, 0.2) is 53.9 Å². The predicted octanol–water partition coefficient (Wildman–Crippen LogP) is 4.25. The Balaban J connectivity index is 1.50. The number of nitrogens with one attached hydrogen (secondary N) is 2. The average Bonchev–Trinajstić information content (AvgIpc) is 3.22. The van der Waals surface area contributed by atoms with Gasteiger partial charge in [0, 0.05) is 23.2 Å². The van der Waals surface area contributed by atoms with Crippen molar-refractivity contribution >= 4 is 29.0 Å². The molecular formula is C22H23N3O4S. The van der Waals surface area contributed by atoms with Crippen LogP contribution in [-0.2, 0) is 22.5 Å². The summed E-state index contributed by atoms with van der Waals surface area (Å²) in [7, 11) is 1.31. The van der Waals surface area contributed by atoms with Gasteiger partial charge in [-0.25, -0.2) is 9.78 Å². The van der Waals surface area contributed by atoms with Crippen LogP contribution in [0.4, 0.5) is 10.5 Å². The lowest BCUT2D eigenvalue weighted by Gasteiger charge is -2.07. The van der Waals surface area contributed by atoms with Gasteiger partial charge in [0.15, 0.2) is 0 Å². The molecule has 0 spiro atoms. The minimum Gasteiger partial charge on any atom is -0.494 e. The minimum absolute atomic E-state index is 0.102. The van der Waals surface area contributed by atoms with Crippen molar-refractivity contribution in [1.82, 2.24) is 10.3 Å². The molecule has 3 rings (SSSR count). The molecule has 0 atom stereocenters. The fourth-order valence-corrected chi connectivity index (χ4v) is 3.51. The van der Waals surface area contributed by atoms with Gasteiger partial charge in [-0.1, -0.05) is 12.1 Å². The molecule has 7 nitrogen and oxygen atoms in total. The highest BCUT2D eigenvalue weighted by atomic mass is 32.1. The number of thiazole rings is 1. The van der Waals surface area contributed by atoms with E-state index in [1.807, 2.05) is 48.7 Å². The first-order chi connectivity index (χ1) is 14.6. The Kier molecular flexibility index (Phi) is 7.40. The summed E-state index contributed by atoms with van der Waals surface area (Å²) in [6.45, 7) is 2.97. The van der Waals surface area contributed by atoms with E-state index in [0.29, 0.717) is 18.8 Å². The molecule has 0 aliphatic carbocycles. The number of hydrogen-bond acceptors (Lipinski definition) is 6. The molecule has 0 aliphatic heterocycles. The fourth-order valence-electron chi connectivity index (χ4n) is 2.68. The maximum absolute atomic E-state index is 12.3. The van der Waals surface area contributed by atoms with Gasteiger partial charge in [0.1, 0.15) is 10.8 Å². The van der Waals surface area contributed by atoms with Crippen LogP contribution in [0.3, 0.4) is 0 Å². The monoisotopic (exact) mass is 425 g/mol. The van der Waals surface area contributed by atoms with Crippen LogP contribution in [0.2, 0.25) is 0 Å². The van der Waals surface area contributed by atoms with Crippen molar-refractivity contribution in [2.24, 2.45) is 0 Å². The summed E-state index contributed by atoms with van der Waals surface area (Å²) in [5, 5.41) is 8.24. The summed E-state index contributed by atoms with van der Waals surface area (Å²) >= 11 is 1.51. The van der Waals surface area contributed by atoms with Crippen LogP contribution >= 0.6 is 11.3 Å². The molecule has 0 saturated carbocycles. The molecule has 0 aliphatic rings. The first kappa shape index (κ1) is 21.3. The van der Waals surface area contributed by atoms with Gasteiger partial charge in [-0.2, -0.15) is 0 Å². The number of carbonyl (C=O) groups is 2. The van der Waals surface area contributed by atoms with Gasteiger partial charge in [0.05, 0.1) is 25.8 Å². The van der Waals surface area contributed by atoms with Crippen LogP contribution < -0.4 is 15.4 Å². The third-order valence-electron chi connectivity index (χ3n) is 4.18. The highest BCUT2D eigenvalue weighted by Gasteiger charge is 2.09. The van der Waals surface area contributed by atoms with E-state index in [-0.39, 0.29) is 12.3 Å². The number of amides is 2. The quantitative estimate of drug-likeness (QED) is 0.563. The maximum atomic E-state index is 12.3. The third kappa shape index (κ3) is 6.05. The molecule has 156 valence electrons. The Bertz CT molecular complexity index is 984. The van der Waals surface area contributed by atoms with Gasteiger partial charge >= 0.3 is 6.09 Å². The molecule has 2 amide bonds. The third-order valence-corrected chi connectivity index (χ3v) is 5.12. The van der Waals surface area contributed by atoms with E-state index in [0.717, 1.165) is 27.6 Å². The lowest BCUT2D eigenvalue weighted by molar-refractivity contribution is -0.120. The molecule has 0 unspecified atom stereocenters. The van der Waals surface area contributed by atoms with Gasteiger partial charge in [-0.3, -0.25) is 10.1 Å². The van der Waals surface area contributed by atoms with Crippen LogP contribution in [0.1, 0.15) is 18.2 Å². The summed E-state index contributed by atoms with van der Waals surface area (Å²) in [5.74, 6) is 0.724. The van der Waals surface area contributed by atoms with E-state index in [1.54, 1.807) is 12.1 Å². The SMILES string of the molecule is CCOc1ccc(-c2nc(CC(=O)NCc3ccc(NC(=O)OC)cc3)cs2)cc1. The highest BCUT2D eigenvalue weighted by molar-refractivity contribution is 7.13. The Morgan fingerprint density at radius 1 is 1.07 bits per heavy atom. The molecule has 0 saturated heterocycles. The van der Waals surface area contributed by atoms with Crippen LogP contribution in [0.5, 0.6) is 5.75 Å². The molecule has 3 aromatic rings. The predicted molar refractivity (Wildman–Crippen MR) is 117 cm³/mol. The number of nitrogens with zero attached hydrogens (tertiary/aromatic N) is 1. The van der Waals surface area contributed by atoms with Gasteiger partial charge in [0.25, 0.3) is 0 Å². The normalized spacial score (nSPS) is 10.3. The van der Waals surface area contributed by atoms with E-state index in [2.05, 4.69) is 20.4 Å². The molecule has 2 N–H and O–H groups in total. The Morgan fingerprint density at radius 2 is 1.80 bits per heavy atom. The Labute approximate surface area is 179 Å². The lowest BCUT2D eigenvalue weighted by Crippen LogP contribution is -2.24. The van der Waals surface area contributed by atoms with Crippen LogP contribution in [0.25, 0.3) is 10.6 Å². The maximum Gasteiger partial charge on any atom is 0.411 e. The number of anilines is 1. The topological polar surface area (TPSA) is 89.5 Å². The zero-order valence-electron chi connectivity index (χ0n) is 16.8. The summed E-state index contributed by atoms with van der Waals surface area (Å²) in [4.78, 5) is 28.0. The second kappa shape index (κ2) is 10.4. The zero-order valence-corrected chi connectivity index (χ0v) is 17.6. The van der Waals surface area contributed by atoms with Crippen molar-refractivity contribution in [3.8, 4) is 16.3 Å². The lowest BCUT2D eigenvalue weighted by atomic mass is 10.2. The average molecular weight is 426 g/mol. The van der Waals surface area contributed by atoms with E-state index in [4.69, 9.17) is 4.74 Å². The standard InChI is InChI=1S/C22H23N3O4S/c1-3-29-19-10-6-16(7-11-19)21-24-18(14-30-21)12-20(26)23-13-15-4-8-17(9-5-15)25-22(27)28-2/h4-11,14H,3,12-13H2,1-2H3,(H,23,26)(H,25,27). The largest absolute Gasteiger partial charge is 0.494 e. The van der Waals surface area contributed by atoms with E-state index in [9.17, 15) is 9.59 Å².